The summed E-state index contributed by atoms with van der Waals surface area (Å²) in [5.74, 6) is -0.175. The van der Waals surface area contributed by atoms with Crippen LogP contribution in [0.2, 0.25) is 0 Å². The maximum absolute atomic E-state index is 12.0. The molecule has 1 amide bonds. The van der Waals surface area contributed by atoms with Crippen LogP contribution in [-0.4, -0.2) is 10.5 Å². The Balaban J connectivity index is 2.67. The molecule has 0 aliphatic heterocycles. The SMILES string of the molecule is CCC(C#N)(CC)C(=O)NCc1cccn1C. The van der Waals surface area contributed by atoms with E-state index in [0.717, 1.165) is 5.69 Å². The van der Waals surface area contributed by atoms with Gasteiger partial charge in [0.25, 0.3) is 0 Å². The zero-order chi connectivity index (χ0) is 12.9. The lowest BCUT2D eigenvalue weighted by Crippen LogP contribution is -2.39. The molecule has 0 radical (unpaired) electrons. The number of rotatable bonds is 5. The van der Waals surface area contributed by atoms with E-state index in [2.05, 4.69) is 11.4 Å². The third-order valence-corrected chi connectivity index (χ3v) is 3.34. The number of hydrogen-bond donors (Lipinski definition) is 1. The van der Waals surface area contributed by atoms with Gasteiger partial charge in [0.15, 0.2) is 0 Å². The third kappa shape index (κ3) is 2.68. The average molecular weight is 233 g/mol. The molecular formula is C13H19N3O. The molecule has 92 valence electrons. The van der Waals surface area contributed by atoms with Crippen molar-refractivity contribution in [1.82, 2.24) is 9.88 Å². The summed E-state index contributed by atoms with van der Waals surface area (Å²) in [5, 5.41) is 12.0. The summed E-state index contributed by atoms with van der Waals surface area (Å²) in [4.78, 5) is 12.0. The van der Waals surface area contributed by atoms with Crippen molar-refractivity contribution < 1.29 is 4.79 Å². The molecule has 0 saturated carbocycles. The van der Waals surface area contributed by atoms with E-state index >= 15 is 0 Å². The zero-order valence-electron chi connectivity index (χ0n) is 10.7. The van der Waals surface area contributed by atoms with Crippen LogP contribution in [0.15, 0.2) is 18.3 Å². The molecule has 0 atom stereocenters. The highest BCUT2D eigenvalue weighted by atomic mass is 16.2. The Morgan fingerprint density at radius 3 is 2.59 bits per heavy atom. The van der Waals surface area contributed by atoms with Crippen LogP contribution < -0.4 is 5.32 Å². The fourth-order valence-electron chi connectivity index (χ4n) is 1.80. The van der Waals surface area contributed by atoms with Crippen molar-refractivity contribution >= 4 is 5.91 Å². The molecule has 1 aromatic heterocycles. The molecule has 1 N–H and O–H groups in total. The highest BCUT2D eigenvalue weighted by Crippen LogP contribution is 2.25. The van der Waals surface area contributed by atoms with Gasteiger partial charge in [0.2, 0.25) is 5.91 Å². The van der Waals surface area contributed by atoms with Gasteiger partial charge in [0.1, 0.15) is 5.41 Å². The van der Waals surface area contributed by atoms with Crippen molar-refractivity contribution in [2.45, 2.75) is 33.2 Å². The van der Waals surface area contributed by atoms with Gasteiger partial charge < -0.3 is 9.88 Å². The van der Waals surface area contributed by atoms with E-state index < -0.39 is 5.41 Å². The smallest absolute Gasteiger partial charge is 0.240 e. The minimum absolute atomic E-state index is 0.175. The number of aryl methyl sites for hydroxylation is 1. The largest absolute Gasteiger partial charge is 0.353 e. The fraction of sp³-hybridized carbons (Fsp3) is 0.538. The van der Waals surface area contributed by atoms with E-state index in [4.69, 9.17) is 5.26 Å². The van der Waals surface area contributed by atoms with Crippen LogP contribution in [0.1, 0.15) is 32.4 Å². The molecule has 1 rings (SSSR count). The number of nitrogens with one attached hydrogen (secondary N) is 1. The van der Waals surface area contributed by atoms with E-state index in [9.17, 15) is 4.79 Å². The lowest BCUT2D eigenvalue weighted by atomic mass is 9.83. The number of hydrogen-bond acceptors (Lipinski definition) is 2. The fourth-order valence-corrected chi connectivity index (χ4v) is 1.80. The van der Waals surface area contributed by atoms with Gasteiger partial charge in [-0.1, -0.05) is 13.8 Å². The van der Waals surface area contributed by atoms with Gasteiger partial charge >= 0.3 is 0 Å². The Morgan fingerprint density at radius 2 is 2.18 bits per heavy atom. The van der Waals surface area contributed by atoms with Gasteiger partial charge in [-0.25, -0.2) is 0 Å². The van der Waals surface area contributed by atoms with Crippen molar-refractivity contribution in [3.8, 4) is 6.07 Å². The normalized spacial score (nSPS) is 10.9. The molecule has 0 spiro atoms. The number of aromatic nitrogens is 1. The molecule has 1 heterocycles. The predicted octanol–water partition coefficient (Wildman–Crippen LogP) is 1.97. The predicted molar refractivity (Wildman–Crippen MR) is 65.9 cm³/mol. The maximum atomic E-state index is 12.0. The van der Waals surface area contributed by atoms with Crippen LogP contribution in [0.5, 0.6) is 0 Å². The van der Waals surface area contributed by atoms with Gasteiger partial charge in [-0.2, -0.15) is 5.26 Å². The first-order valence-electron chi connectivity index (χ1n) is 5.89. The van der Waals surface area contributed by atoms with Crippen molar-refractivity contribution in [3.05, 3.63) is 24.0 Å². The Morgan fingerprint density at radius 1 is 1.53 bits per heavy atom. The molecule has 0 unspecified atom stereocenters. The molecule has 0 fully saturated rings. The van der Waals surface area contributed by atoms with Crippen LogP contribution in [0.4, 0.5) is 0 Å². The van der Waals surface area contributed by atoms with Crippen molar-refractivity contribution in [1.29, 1.82) is 5.26 Å². The minimum Gasteiger partial charge on any atom is -0.353 e. The van der Waals surface area contributed by atoms with Gasteiger partial charge in [-0.05, 0) is 25.0 Å². The van der Waals surface area contributed by atoms with Gasteiger partial charge in [0.05, 0.1) is 12.6 Å². The van der Waals surface area contributed by atoms with Crippen molar-refractivity contribution in [2.24, 2.45) is 12.5 Å². The number of carbonyl (C=O) groups is 1. The van der Waals surface area contributed by atoms with Crippen molar-refractivity contribution in [2.75, 3.05) is 0 Å². The molecule has 0 saturated heterocycles. The summed E-state index contributed by atoms with van der Waals surface area (Å²) >= 11 is 0. The Kier molecular flexibility index (Phi) is 4.33. The average Bonchev–Trinajstić information content (AvgIpc) is 2.75. The van der Waals surface area contributed by atoms with Gasteiger partial charge in [-0.3, -0.25) is 4.79 Å². The molecule has 1 aromatic rings. The maximum Gasteiger partial charge on any atom is 0.240 e. The number of nitriles is 1. The first-order valence-corrected chi connectivity index (χ1v) is 5.89. The summed E-state index contributed by atoms with van der Waals surface area (Å²) < 4.78 is 1.95. The summed E-state index contributed by atoms with van der Waals surface area (Å²) in [6, 6.07) is 6.02. The zero-order valence-corrected chi connectivity index (χ0v) is 10.7. The van der Waals surface area contributed by atoms with Gasteiger partial charge in [0, 0.05) is 18.9 Å². The summed E-state index contributed by atoms with van der Waals surface area (Å²) in [7, 11) is 1.93. The Hall–Kier alpha value is -1.76. The van der Waals surface area contributed by atoms with E-state index in [1.165, 1.54) is 0 Å². The molecular weight excluding hydrogens is 214 g/mol. The minimum atomic E-state index is -0.884. The standard InChI is InChI=1S/C13H19N3O/c1-4-13(5-2,10-14)12(17)15-9-11-7-6-8-16(11)3/h6-8H,4-5,9H2,1-3H3,(H,15,17). The second-order valence-electron chi connectivity index (χ2n) is 4.19. The summed E-state index contributed by atoms with van der Waals surface area (Å²) in [5.41, 5.74) is 0.142. The van der Waals surface area contributed by atoms with E-state index in [0.29, 0.717) is 19.4 Å². The lowest BCUT2D eigenvalue weighted by molar-refractivity contribution is -0.128. The van der Waals surface area contributed by atoms with E-state index in [1.807, 2.05) is 43.8 Å². The molecule has 4 nitrogen and oxygen atoms in total. The van der Waals surface area contributed by atoms with E-state index in [1.54, 1.807) is 0 Å². The molecule has 17 heavy (non-hydrogen) atoms. The molecule has 0 aliphatic carbocycles. The second-order valence-corrected chi connectivity index (χ2v) is 4.19. The highest BCUT2D eigenvalue weighted by Gasteiger charge is 2.34. The molecule has 4 heteroatoms. The summed E-state index contributed by atoms with van der Waals surface area (Å²) in [6.07, 6.45) is 3.01. The van der Waals surface area contributed by atoms with Crippen LogP contribution in [0.25, 0.3) is 0 Å². The first kappa shape index (κ1) is 13.3. The van der Waals surface area contributed by atoms with Crippen LogP contribution in [0, 0.1) is 16.7 Å². The third-order valence-electron chi connectivity index (χ3n) is 3.34. The summed E-state index contributed by atoms with van der Waals surface area (Å²) in [6.45, 7) is 4.20. The molecule has 0 bridgehead atoms. The number of amides is 1. The van der Waals surface area contributed by atoms with Gasteiger partial charge in [-0.15, -0.1) is 0 Å². The Labute approximate surface area is 102 Å². The monoisotopic (exact) mass is 233 g/mol. The van der Waals surface area contributed by atoms with E-state index in [-0.39, 0.29) is 5.91 Å². The highest BCUT2D eigenvalue weighted by molar-refractivity contribution is 5.85. The van der Waals surface area contributed by atoms with Crippen molar-refractivity contribution in [3.63, 3.8) is 0 Å². The number of nitrogens with zero attached hydrogens (tertiary/aromatic N) is 2. The second kappa shape index (κ2) is 5.53. The first-order chi connectivity index (χ1) is 8.09. The molecule has 0 aromatic carbocycles. The van der Waals surface area contributed by atoms with Crippen LogP contribution >= 0.6 is 0 Å². The molecule has 0 aliphatic rings. The Bertz CT molecular complexity index is 424. The lowest BCUT2D eigenvalue weighted by Gasteiger charge is -2.22. The van der Waals surface area contributed by atoms with Crippen LogP contribution in [-0.2, 0) is 18.4 Å². The van der Waals surface area contributed by atoms with Crippen LogP contribution in [0.3, 0.4) is 0 Å². The quantitative estimate of drug-likeness (QED) is 0.845. The topological polar surface area (TPSA) is 57.8 Å². The number of carbonyl (C=O) groups excluding carboxylic acids is 1.